The Balaban J connectivity index is 1.47. The smallest absolute Gasteiger partial charge is 0.251 e. The predicted molar refractivity (Wildman–Crippen MR) is 83.4 cm³/mol. The SMILES string of the molecule is O=C(NCCCN1CCOCC1)c1cccc(-n2cnnn2)c1. The molecule has 1 aliphatic heterocycles. The van der Waals surface area contributed by atoms with E-state index in [0.717, 1.165) is 45.0 Å². The molecule has 0 aliphatic carbocycles. The maximum atomic E-state index is 12.2. The molecule has 1 amide bonds. The summed E-state index contributed by atoms with van der Waals surface area (Å²) in [6.07, 6.45) is 2.43. The fourth-order valence-electron chi connectivity index (χ4n) is 2.50. The van der Waals surface area contributed by atoms with Crippen LogP contribution in [0.4, 0.5) is 0 Å². The number of nitrogens with one attached hydrogen (secondary N) is 1. The Labute approximate surface area is 134 Å². The van der Waals surface area contributed by atoms with Crippen molar-refractivity contribution in [1.29, 1.82) is 0 Å². The Kier molecular flexibility index (Phi) is 5.28. The van der Waals surface area contributed by atoms with Crippen LogP contribution in [0.1, 0.15) is 16.8 Å². The van der Waals surface area contributed by atoms with Crippen LogP contribution in [0, 0.1) is 0 Å². The van der Waals surface area contributed by atoms with Crippen LogP contribution in [0.5, 0.6) is 0 Å². The normalized spacial score (nSPS) is 15.5. The van der Waals surface area contributed by atoms with Crippen LogP contribution in [-0.4, -0.2) is 70.4 Å². The summed E-state index contributed by atoms with van der Waals surface area (Å²) in [6, 6.07) is 7.23. The van der Waals surface area contributed by atoms with Crippen molar-refractivity contribution in [2.75, 3.05) is 39.4 Å². The number of benzene rings is 1. The molecule has 2 aromatic rings. The van der Waals surface area contributed by atoms with Gasteiger partial charge in [0.1, 0.15) is 6.33 Å². The molecule has 122 valence electrons. The molecule has 0 unspecified atom stereocenters. The number of hydrogen-bond donors (Lipinski definition) is 1. The highest BCUT2D eigenvalue weighted by Crippen LogP contribution is 2.08. The van der Waals surface area contributed by atoms with E-state index >= 15 is 0 Å². The molecule has 2 heterocycles. The van der Waals surface area contributed by atoms with Crippen LogP contribution in [-0.2, 0) is 4.74 Å². The van der Waals surface area contributed by atoms with Gasteiger partial charge in [0.25, 0.3) is 5.91 Å². The first-order valence-corrected chi connectivity index (χ1v) is 7.75. The Bertz CT molecular complexity index is 625. The third kappa shape index (κ3) is 4.33. The first kappa shape index (κ1) is 15.6. The van der Waals surface area contributed by atoms with Gasteiger partial charge < -0.3 is 10.1 Å². The Hall–Kier alpha value is -2.32. The molecule has 0 atom stereocenters. The molecule has 23 heavy (non-hydrogen) atoms. The topological polar surface area (TPSA) is 85.2 Å². The van der Waals surface area contributed by atoms with Crippen molar-refractivity contribution in [2.45, 2.75) is 6.42 Å². The van der Waals surface area contributed by atoms with E-state index in [0.29, 0.717) is 12.1 Å². The van der Waals surface area contributed by atoms with Gasteiger partial charge in [0.2, 0.25) is 0 Å². The molecular formula is C15H20N6O2. The summed E-state index contributed by atoms with van der Waals surface area (Å²) < 4.78 is 6.84. The van der Waals surface area contributed by atoms with Crippen LogP contribution in [0.15, 0.2) is 30.6 Å². The number of aromatic nitrogens is 4. The zero-order valence-corrected chi connectivity index (χ0v) is 12.9. The molecule has 1 saturated heterocycles. The molecule has 0 radical (unpaired) electrons. The molecule has 0 spiro atoms. The minimum atomic E-state index is -0.0816. The standard InChI is InChI=1S/C15H20N6O2/c22-15(16-5-2-6-20-7-9-23-10-8-20)13-3-1-4-14(11-13)21-12-17-18-19-21/h1,3-4,11-12H,2,5-10H2,(H,16,22). The van der Waals surface area contributed by atoms with Crippen molar-refractivity contribution in [3.05, 3.63) is 36.2 Å². The molecule has 0 bridgehead atoms. The lowest BCUT2D eigenvalue weighted by Gasteiger charge is -2.26. The van der Waals surface area contributed by atoms with E-state index in [2.05, 4.69) is 25.7 Å². The van der Waals surface area contributed by atoms with Crippen molar-refractivity contribution < 1.29 is 9.53 Å². The summed E-state index contributed by atoms with van der Waals surface area (Å²) in [5.41, 5.74) is 1.36. The maximum Gasteiger partial charge on any atom is 0.251 e. The van der Waals surface area contributed by atoms with Gasteiger partial charge in [-0.3, -0.25) is 9.69 Å². The largest absolute Gasteiger partial charge is 0.379 e. The first-order valence-electron chi connectivity index (χ1n) is 7.75. The number of ether oxygens (including phenoxy) is 1. The van der Waals surface area contributed by atoms with Crippen molar-refractivity contribution in [3.63, 3.8) is 0 Å². The fraction of sp³-hybridized carbons (Fsp3) is 0.467. The predicted octanol–water partition coefficient (Wildman–Crippen LogP) is 0.114. The lowest BCUT2D eigenvalue weighted by atomic mass is 10.2. The highest BCUT2D eigenvalue weighted by molar-refractivity contribution is 5.94. The van der Waals surface area contributed by atoms with E-state index < -0.39 is 0 Å². The number of hydrogen-bond acceptors (Lipinski definition) is 6. The van der Waals surface area contributed by atoms with E-state index in [1.807, 2.05) is 12.1 Å². The van der Waals surface area contributed by atoms with Gasteiger partial charge in [-0.05, 0) is 41.6 Å². The van der Waals surface area contributed by atoms with Gasteiger partial charge in [0.15, 0.2) is 0 Å². The van der Waals surface area contributed by atoms with E-state index in [4.69, 9.17) is 4.74 Å². The van der Waals surface area contributed by atoms with Gasteiger partial charge in [-0.15, -0.1) is 5.10 Å². The average molecular weight is 316 g/mol. The number of tetrazole rings is 1. The van der Waals surface area contributed by atoms with Gasteiger partial charge in [-0.2, -0.15) is 0 Å². The first-order chi connectivity index (χ1) is 11.3. The second-order valence-corrected chi connectivity index (χ2v) is 5.37. The van der Waals surface area contributed by atoms with Gasteiger partial charge in [0, 0.05) is 25.2 Å². The van der Waals surface area contributed by atoms with Crippen LogP contribution in [0.2, 0.25) is 0 Å². The van der Waals surface area contributed by atoms with Gasteiger partial charge in [0.05, 0.1) is 18.9 Å². The molecule has 1 aliphatic rings. The second-order valence-electron chi connectivity index (χ2n) is 5.37. The van der Waals surface area contributed by atoms with Crippen LogP contribution in [0.3, 0.4) is 0 Å². The molecular weight excluding hydrogens is 296 g/mol. The van der Waals surface area contributed by atoms with E-state index in [1.54, 1.807) is 12.1 Å². The quantitative estimate of drug-likeness (QED) is 0.762. The second kappa shape index (κ2) is 7.80. The minimum absolute atomic E-state index is 0.0816. The monoisotopic (exact) mass is 316 g/mol. The third-order valence-corrected chi connectivity index (χ3v) is 3.76. The summed E-state index contributed by atoms with van der Waals surface area (Å²) in [5, 5.41) is 14.0. The fourth-order valence-corrected chi connectivity index (χ4v) is 2.50. The van der Waals surface area contributed by atoms with Crippen molar-refractivity contribution in [3.8, 4) is 5.69 Å². The minimum Gasteiger partial charge on any atom is -0.379 e. The van der Waals surface area contributed by atoms with E-state index in [1.165, 1.54) is 11.0 Å². The Morgan fingerprint density at radius 1 is 1.30 bits per heavy atom. The molecule has 1 aromatic carbocycles. The lowest BCUT2D eigenvalue weighted by Crippen LogP contribution is -2.38. The molecule has 1 aromatic heterocycles. The number of morpholine rings is 1. The summed E-state index contributed by atoms with van der Waals surface area (Å²) in [7, 11) is 0. The number of rotatable bonds is 6. The molecule has 1 fully saturated rings. The summed E-state index contributed by atoms with van der Waals surface area (Å²) in [5.74, 6) is -0.0816. The zero-order chi connectivity index (χ0) is 15.9. The van der Waals surface area contributed by atoms with Crippen LogP contribution < -0.4 is 5.32 Å². The zero-order valence-electron chi connectivity index (χ0n) is 12.9. The summed E-state index contributed by atoms with van der Waals surface area (Å²) in [6.45, 7) is 5.19. The van der Waals surface area contributed by atoms with Gasteiger partial charge >= 0.3 is 0 Å². The lowest BCUT2D eigenvalue weighted by molar-refractivity contribution is 0.0374. The van der Waals surface area contributed by atoms with Crippen molar-refractivity contribution in [1.82, 2.24) is 30.4 Å². The number of carbonyl (C=O) groups is 1. The van der Waals surface area contributed by atoms with Crippen molar-refractivity contribution >= 4 is 5.91 Å². The molecule has 3 rings (SSSR count). The van der Waals surface area contributed by atoms with Gasteiger partial charge in [-0.1, -0.05) is 6.07 Å². The summed E-state index contributed by atoms with van der Waals surface area (Å²) >= 11 is 0. The van der Waals surface area contributed by atoms with Crippen LogP contribution in [0.25, 0.3) is 5.69 Å². The molecule has 8 nitrogen and oxygen atoms in total. The van der Waals surface area contributed by atoms with Gasteiger partial charge in [-0.25, -0.2) is 4.68 Å². The highest BCUT2D eigenvalue weighted by Gasteiger charge is 2.10. The van der Waals surface area contributed by atoms with Crippen molar-refractivity contribution in [2.24, 2.45) is 0 Å². The number of nitrogens with zero attached hydrogens (tertiary/aromatic N) is 5. The summed E-state index contributed by atoms with van der Waals surface area (Å²) in [4.78, 5) is 14.6. The van der Waals surface area contributed by atoms with Crippen LogP contribution >= 0.6 is 0 Å². The van der Waals surface area contributed by atoms with E-state index in [-0.39, 0.29) is 5.91 Å². The molecule has 1 N–H and O–H groups in total. The van der Waals surface area contributed by atoms with E-state index in [9.17, 15) is 4.79 Å². The molecule has 8 heteroatoms. The Morgan fingerprint density at radius 2 is 2.17 bits per heavy atom. The maximum absolute atomic E-state index is 12.2. The molecule has 0 saturated carbocycles. The third-order valence-electron chi connectivity index (χ3n) is 3.76. The number of carbonyl (C=O) groups excluding carboxylic acids is 1. The highest BCUT2D eigenvalue weighted by atomic mass is 16.5. The Morgan fingerprint density at radius 3 is 2.96 bits per heavy atom. The number of amides is 1. The average Bonchev–Trinajstić information content (AvgIpc) is 3.14.